The van der Waals surface area contributed by atoms with Crippen molar-refractivity contribution in [2.75, 3.05) is 19.8 Å². The lowest BCUT2D eigenvalue weighted by molar-refractivity contribution is -0.125. The molecule has 2 rings (SSSR count). The van der Waals surface area contributed by atoms with Crippen LogP contribution >= 0.6 is 28.3 Å². The van der Waals surface area contributed by atoms with E-state index >= 15 is 0 Å². The lowest BCUT2D eigenvalue weighted by Gasteiger charge is -2.38. The normalized spacial score (nSPS) is 18.4. The summed E-state index contributed by atoms with van der Waals surface area (Å²) in [5, 5.41) is 3.08. The quantitative estimate of drug-likeness (QED) is 0.786. The van der Waals surface area contributed by atoms with Gasteiger partial charge in [0.05, 0.1) is 6.04 Å². The van der Waals surface area contributed by atoms with E-state index in [1.807, 2.05) is 20.8 Å². The standard InChI is InChI=1S/C18H27BrN2O2.ClH/c1-17(2,3)15(20)16(22)21-12-18(8-10-23-11-9-18)13-4-6-14(19)7-5-13;/h4-7,15H,8-12,20H2,1-3H3,(H,21,22);1H/t15-;/m1./s1. The van der Waals surface area contributed by atoms with Gasteiger partial charge in [-0.2, -0.15) is 0 Å². The topological polar surface area (TPSA) is 64.4 Å². The zero-order valence-corrected chi connectivity index (χ0v) is 17.0. The Labute approximate surface area is 159 Å². The summed E-state index contributed by atoms with van der Waals surface area (Å²) in [6.07, 6.45) is 1.80. The SMILES string of the molecule is CC(C)(C)[C@H](N)C(=O)NCC1(c2ccc(Br)cc2)CCOCC1.Cl. The zero-order chi connectivity index (χ0) is 17.1. The molecule has 6 heteroatoms. The fraction of sp³-hybridized carbons (Fsp3) is 0.611. The third-order valence-electron chi connectivity index (χ3n) is 4.72. The van der Waals surface area contributed by atoms with Crippen molar-refractivity contribution in [2.45, 2.75) is 45.1 Å². The van der Waals surface area contributed by atoms with Crippen LogP contribution in [0.4, 0.5) is 0 Å². The van der Waals surface area contributed by atoms with Crippen LogP contribution in [0, 0.1) is 5.41 Å². The largest absolute Gasteiger partial charge is 0.381 e. The van der Waals surface area contributed by atoms with Crippen molar-refractivity contribution in [3.63, 3.8) is 0 Å². The molecule has 1 fully saturated rings. The number of hydrogen-bond donors (Lipinski definition) is 2. The Balaban J connectivity index is 0.00000288. The van der Waals surface area contributed by atoms with Crippen LogP contribution in [-0.2, 0) is 14.9 Å². The lowest BCUT2D eigenvalue weighted by atomic mass is 9.74. The highest BCUT2D eigenvalue weighted by Crippen LogP contribution is 2.35. The lowest BCUT2D eigenvalue weighted by Crippen LogP contribution is -2.52. The van der Waals surface area contributed by atoms with Crippen molar-refractivity contribution in [3.05, 3.63) is 34.3 Å². The van der Waals surface area contributed by atoms with Crippen LogP contribution < -0.4 is 11.1 Å². The second-order valence-electron chi connectivity index (χ2n) is 7.46. The highest BCUT2D eigenvalue weighted by molar-refractivity contribution is 9.10. The molecule has 0 spiro atoms. The van der Waals surface area contributed by atoms with Crippen molar-refractivity contribution in [2.24, 2.45) is 11.1 Å². The number of hydrogen-bond acceptors (Lipinski definition) is 3. The van der Waals surface area contributed by atoms with E-state index in [0.29, 0.717) is 6.54 Å². The van der Waals surface area contributed by atoms with Crippen LogP contribution in [0.15, 0.2) is 28.7 Å². The molecule has 0 aliphatic carbocycles. The Morgan fingerprint density at radius 1 is 1.29 bits per heavy atom. The molecule has 4 nitrogen and oxygen atoms in total. The van der Waals surface area contributed by atoms with Crippen LogP contribution in [0.3, 0.4) is 0 Å². The van der Waals surface area contributed by atoms with E-state index in [2.05, 4.69) is 45.5 Å². The fourth-order valence-corrected chi connectivity index (χ4v) is 3.16. The second kappa shape index (κ2) is 8.65. The Kier molecular flexibility index (Phi) is 7.73. The maximum Gasteiger partial charge on any atom is 0.237 e. The molecule has 0 saturated carbocycles. The maximum absolute atomic E-state index is 12.4. The molecule has 0 bridgehead atoms. The molecular weight excluding hydrogens is 392 g/mol. The first-order valence-corrected chi connectivity index (χ1v) is 8.91. The number of benzene rings is 1. The van der Waals surface area contributed by atoms with Gasteiger partial charge in [0, 0.05) is 29.6 Å². The number of nitrogens with one attached hydrogen (secondary N) is 1. The monoisotopic (exact) mass is 418 g/mol. The molecule has 1 aromatic rings. The summed E-state index contributed by atoms with van der Waals surface area (Å²) in [6, 6.07) is 7.85. The molecule has 0 aromatic heterocycles. The van der Waals surface area contributed by atoms with E-state index < -0.39 is 6.04 Å². The van der Waals surface area contributed by atoms with E-state index in [1.165, 1.54) is 5.56 Å². The van der Waals surface area contributed by atoms with Gasteiger partial charge < -0.3 is 15.8 Å². The molecule has 0 radical (unpaired) electrons. The van der Waals surface area contributed by atoms with Crippen molar-refractivity contribution >= 4 is 34.2 Å². The van der Waals surface area contributed by atoms with Gasteiger partial charge >= 0.3 is 0 Å². The average Bonchev–Trinajstić information content (AvgIpc) is 2.52. The van der Waals surface area contributed by atoms with E-state index in [1.54, 1.807) is 0 Å². The molecule has 1 aliphatic rings. The molecule has 136 valence electrons. The third-order valence-corrected chi connectivity index (χ3v) is 5.25. The summed E-state index contributed by atoms with van der Waals surface area (Å²) in [6.45, 7) is 7.98. The van der Waals surface area contributed by atoms with Crippen molar-refractivity contribution in [3.8, 4) is 0 Å². The summed E-state index contributed by atoms with van der Waals surface area (Å²) in [4.78, 5) is 12.4. The van der Waals surface area contributed by atoms with Crippen LogP contribution in [-0.4, -0.2) is 31.7 Å². The predicted octanol–water partition coefficient (Wildman–Crippen LogP) is 3.41. The number of rotatable bonds is 4. The minimum Gasteiger partial charge on any atom is -0.381 e. The van der Waals surface area contributed by atoms with Crippen molar-refractivity contribution < 1.29 is 9.53 Å². The van der Waals surface area contributed by atoms with Gasteiger partial charge in [0.1, 0.15) is 0 Å². The maximum atomic E-state index is 12.4. The minimum atomic E-state index is -0.510. The van der Waals surface area contributed by atoms with E-state index in [4.69, 9.17) is 10.5 Å². The summed E-state index contributed by atoms with van der Waals surface area (Å²) in [5.41, 5.74) is 6.99. The van der Waals surface area contributed by atoms with E-state index in [9.17, 15) is 4.79 Å². The number of carbonyl (C=O) groups excluding carboxylic acids is 1. The summed E-state index contributed by atoms with van der Waals surface area (Å²) >= 11 is 3.48. The van der Waals surface area contributed by atoms with Crippen LogP contribution in [0.1, 0.15) is 39.2 Å². The number of ether oxygens (including phenoxy) is 1. The highest BCUT2D eigenvalue weighted by Gasteiger charge is 2.36. The van der Waals surface area contributed by atoms with Gasteiger partial charge in [-0.25, -0.2) is 0 Å². The smallest absolute Gasteiger partial charge is 0.237 e. The first kappa shape index (κ1) is 21.4. The first-order chi connectivity index (χ1) is 10.7. The predicted molar refractivity (Wildman–Crippen MR) is 104 cm³/mol. The molecule has 1 aliphatic heterocycles. The van der Waals surface area contributed by atoms with Gasteiger partial charge in [-0.3, -0.25) is 4.79 Å². The summed E-state index contributed by atoms with van der Waals surface area (Å²) in [7, 11) is 0. The zero-order valence-electron chi connectivity index (χ0n) is 14.6. The molecule has 24 heavy (non-hydrogen) atoms. The Bertz CT molecular complexity index is 537. The number of nitrogens with two attached hydrogens (primary N) is 1. The molecule has 1 aromatic carbocycles. The van der Waals surface area contributed by atoms with Gasteiger partial charge in [-0.05, 0) is 36.0 Å². The first-order valence-electron chi connectivity index (χ1n) is 8.12. The van der Waals surface area contributed by atoms with Gasteiger partial charge in [-0.15, -0.1) is 12.4 Å². The van der Waals surface area contributed by atoms with Crippen molar-refractivity contribution in [1.82, 2.24) is 5.32 Å². The van der Waals surface area contributed by atoms with Crippen LogP contribution in [0.5, 0.6) is 0 Å². The average molecular weight is 420 g/mol. The fourth-order valence-electron chi connectivity index (χ4n) is 2.89. The van der Waals surface area contributed by atoms with Gasteiger partial charge in [0.25, 0.3) is 0 Å². The Morgan fingerprint density at radius 3 is 2.33 bits per heavy atom. The molecule has 1 saturated heterocycles. The molecule has 0 unspecified atom stereocenters. The van der Waals surface area contributed by atoms with Gasteiger partial charge in [-0.1, -0.05) is 48.8 Å². The molecule has 1 amide bonds. The summed E-state index contributed by atoms with van der Waals surface area (Å²) < 4.78 is 6.59. The van der Waals surface area contributed by atoms with Crippen LogP contribution in [0.2, 0.25) is 0 Å². The highest BCUT2D eigenvalue weighted by atomic mass is 79.9. The Hall–Kier alpha value is -0.620. The van der Waals surface area contributed by atoms with Gasteiger partial charge in [0.15, 0.2) is 0 Å². The third kappa shape index (κ3) is 5.19. The molecule has 1 heterocycles. The molecular formula is C18H28BrClN2O2. The second-order valence-corrected chi connectivity index (χ2v) is 8.38. The molecule has 1 atom stereocenters. The van der Waals surface area contributed by atoms with E-state index in [0.717, 1.165) is 30.5 Å². The number of amides is 1. The van der Waals surface area contributed by atoms with Crippen molar-refractivity contribution in [1.29, 1.82) is 0 Å². The van der Waals surface area contributed by atoms with Gasteiger partial charge in [0.2, 0.25) is 5.91 Å². The van der Waals surface area contributed by atoms with E-state index in [-0.39, 0.29) is 29.1 Å². The number of halogens is 2. The minimum absolute atomic E-state index is 0. The number of carbonyl (C=O) groups is 1. The molecule has 3 N–H and O–H groups in total. The van der Waals surface area contributed by atoms with Crippen LogP contribution in [0.25, 0.3) is 0 Å². The Morgan fingerprint density at radius 2 is 1.83 bits per heavy atom. The summed E-state index contributed by atoms with van der Waals surface area (Å²) in [5.74, 6) is -0.0829.